The number of amides is 2. The Morgan fingerprint density at radius 1 is 1.00 bits per heavy atom. The van der Waals surface area contributed by atoms with Gasteiger partial charge in [-0.1, -0.05) is 60.7 Å². The molecule has 0 spiro atoms. The molecule has 0 aromatic heterocycles. The third-order valence-electron chi connectivity index (χ3n) is 4.11. The molecule has 2 amide bonds. The maximum absolute atomic E-state index is 12.3. The van der Waals surface area contributed by atoms with Gasteiger partial charge in [-0.3, -0.25) is 9.59 Å². The first-order chi connectivity index (χ1) is 11.2. The molecule has 118 valence electrons. The molecule has 23 heavy (non-hydrogen) atoms. The topological polar surface area (TPSA) is 49.4 Å². The van der Waals surface area contributed by atoms with Crippen LogP contribution >= 0.6 is 0 Å². The van der Waals surface area contributed by atoms with Crippen LogP contribution in [-0.2, 0) is 22.7 Å². The van der Waals surface area contributed by atoms with Crippen LogP contribution in [0.4, 0.5) is 0 Å². The first-order valence-electron chi connectivity index (χ1n) is 7.86. The number of benzene rings is 2. The van der Waals surface area contributed by atoms with Crippen molar-refractivity contribution >= 4 is 11.8 Å². The molecule has 3 rings (SSSR count). The number of nitrogens with one attached hydrogen (secondary N) is 1. The van der Waals surface area contributed by atoms with E-state index >= 15 is 0 Å². The Morgan fingerprint density at radius 3 is 2.26 bits per heavy atom. The second kappa shape index (κ2) is 7.09. The predicted octanol–water partition coefficient (Wildman–Crippen LogP) is 2.35. The van der Waals surface area contributed by atoms with Gasteiger partial charge in [-0.25, -0.2) is 0 Å². The summed E-state index contributed by atoms with van der Waals surface area (Å²) < 4.78 is 0. The largest absolute Gasteiger partial charge is 0.352 e. The fourth-order valence-corrected chi connectivity index (χ4v) is 2.83. The fraction of sp³-hybridized carbons (Fsp3) is 0.263. The Labute approximate surface area is 136 Å². The van der Waals surface area contributed by atoms with Gasteiger partial charge in [0.1, 0.15) is 0 Å². The molecule has 0 aliphatic carbocycles. The van der Waals surface area contributed by atoms with Gasteiger partial charge in [0.05, 0.1) is 5.92 Å². The Morgan fingerprint density at radius 2 is 1.61 bits per heavy atom. The van der Waals surface area contributed by atoms with Crippen LogP contribution in [0.25, 0.3) is 0 Å². The van der Waals surface area contributed by atoms with Gasteiger partial charge in [-0.2, -0.15) is 0 Å². The molecule has 1 unspecified atom stereocenters. The lowest BCUT2D eigenvalue weighted by atomic mass is 10.1. The molecule has 0 saturated carbocycles. The van der Waals surface area contributed by atoms with Crippen molar-refractivity contribution in [2.24, 2.45) is 5.92 Å². The highest BCUT2D eigenvalue weighted by Crippen LogP contribution is 2.20. The summed E-state index contributed by atoms with van der Waals surface area (Å²) in [6.07, 6.45) is 0.299. The summed E-state index contributed by atoms with van der Waals surface area (Å²) in [7, 11) is 0. The summed E-state index contributed by atoms with van der Waals surface area (Å²) in [6.45, 7) is 1.57. The molecule has 1 atom stereocenters. The molecule has 2 aromatic carbocycles. The van der Waals surface area contributed by atoms with E-state index in [1.54, 1.807) is 4.90 Å². The molecule has 1 fully saturated rings. The first kappa shape index (κ1) is 15.3. The summed E-state index contributed by atoms with van der Waals surface area (Å²) >= 11 is 0. The van der Waals surface area contributed by atoms with Gasteiger partial charge < -0.3 is 10.2 Å². The van der Waals surface area contributed by atoms with E-state index in [4.69, 9.17) is 0 Å². The monoisotopic (exact) mass is 308 g/mol. The Hall–Kier alpha value is -2.62. The minimum Gasteiger partial charge on any atom is -0.352 e. The fourth-order valence-electron chi connectivity index (χ4n) is 2.83. The lowest BCUT2D eigenvalue weighted by Gasteiger charge is -2.16. The van der Waals surface area contributed by atoms with Gasteiger partial charge in [0.25, 0.3) is 0 Å². The van der Waals surface area contributed by atoms with Crippen molar-refractivity contribution in [3.63, 3.8) is 0 Å². The van der Waals surface area contributed by atoms with Crippen LogP contribution in [0.15, 0.2) is 60.7 Å². The zero-order valence-corrected chi connectivity index (χ0v) is 12.9. The summed E-state index contributed by atoms with van der Waals surface area (Å²) in [5, 5.41) is 2.93. The third-order valence-corrected chi connectivity index (χ3v) is 4.11. The van der Waals surface area contributed by atoms with E-state index in [9.17, 15) is 9.59 Å². The zero-order chi connectivity index (χ0) is 16.1. The molecule has 4 nitrogen and oxygen atoms in total. The number of likely N-dealkylation sites (tertiary alicyclic amines) is 1. The second-order valence-corrected chi connectivity index (χ2v) is 5.86. The van der Waals surface area contributed by atoms with Crippen LogP contribution in [0.1, 0.15) is 17.5 Å². The summed E-state index contributed by atoms with van der Waals surface area (Å²) in [4.78, 5) is 26.2. The van der Waals surface area contributed by atoms with E-state index in [1.165, 1.54) is 0 Å². The molecule has 0 radical (unpaired) electrons. The van der Waals surface area contributed by atoms with Crippen LogP contribution in [0.3, 0.4) is 0 Å². The van der Waals surface area contributed by atoms with Crippen LogP contribution in [0, 0.1) is 5.92 Å². The molecule has 1 saturated heterocycles. The van der Waals surface area contributed by atoms with Crippen LogP contribution in [-0.4, -0.2) is 23.3 Å². The lowest BCUT2D eigenvalue weighted by Crippen LogP contribution is -2.32. The number of hydrogen-bond acceptors (Lipinski definition) is 2. The van der Waals surface area contributed by atoms with Gasteiger partial charge in [-0.15, -0.1) is 0 Å². The maximum Gasteiger partial charge on any atom is 0.225 e. The number of hydrogen-bond donors (Lipinski definition) is 1. The van der Waals surface area contributed by atoms with Gasteiger partial charge >= 0.3 is 0 Å². The van der Waals surface area contributed by atoms with Crippen LogP contribution in [0.2, 0.25) is 0 Å². The summed E-state index contributed by atoms with van der Waals surface area (Å²) in [5.41, 5.74) is 2.15. The van der Waals surface area contributed by atoms with Crippen LogP contribution < -0.4 is 5.32 Å². The highest BCUT2D eigenvalue weighted by atomic mass is 16.2. The van der Waals surface area contributed by atoms with Gasteiger partial charge in [0, 0.05) is 26.1 Å². The molecule has 0 bridgehead atoms. The van der Waals surface area contributed by atoms with Crippen molar-refractivity contribution in [1.29, 1.82) is 0 Å². The molecule has 1 N–H and O–H groups in total. The van der Waals surface area contributed by atoms with Gasteiger partial charge in [-0.05, 0) is 11.1 Å². The standard InChI is InChI=1S/C19H20N2O2/c22-18-11-17(14-21(18)13-16-9-5-2-6-10-16)19(23)20-12-15-7-3-1-4-8-15/h1-10,17H,11-14H2,(H,20,23). The predicted molar refractivity (Wildman–Crippen MR) is 88.3 cm³/mol. The summed E-state index contributed by atoms with van der Waals surface area (Å²) in [5.74, 6) is -0.249. The van der Waals surface area contributed by atoms with E-state index in [1.807, 2.05) is 60.7 Å². The summed E-state index contributed by atoms with van der Waals surface area (Å²) in [6, 6.07) is 19.7. The highest BCUT2D eigenvalue weighted by molar-refractivity contribution is 5.89. The van der Waals surface area contributed by atoms with E-state index < -0.39 is 0 Å². The zero-order valence-electron chi connectivity index (χ0n) is 12.9. The smallest absolute Gasteiger partial charge is 0.225 e. The SMILES string of the molecule is O=C(NCc1ccccc1)C1CC(=O)N(Cc2ccccc2)C1. The number of nitrogens with zero attached hydrogens (tertiary/aromatic N) is 1. The number of rotatable bonds is 5. The number of carbonyl (C=O) groups excluding carboxylic acids is 2. The van der Waals surface area contributed by atoms with Crippen molar-refractivity contribution < 1.29 is 9.59 Å². The minimum absolute atomic E-state index is 0.0437. The maximum atomic E-state index is 12.3. The van der Waals surface area contributed by atoms with Crippen molar-refractivity contribution in [1.82, 2.24) is 10.2 Å². The van der Waals surface area contributed by atoms with Gasteiger partial charge in [0.15, 0.2) is 0 Å². The van der Waals surface area contributed by atoms with E-state index in [-0.39, 0.29) is 17.7 Å². The highest BCUT2D eigenvalue weighted by Gasteiger charge is 2.33. The number of carbonyl (C=O) groups is 2. The quantitative estimate of drug-likeness (QED) is 0.922. The average Bonchev–Trinajstić information content (AvgIpc) is 2.95. The van der Waals surface area contributed by atoms with E-state index in [0.717, 1.165) is 11.1 Å². The van der Waals surface area contributed by atoms with Crippen molar-refractivity contribution in [3.8, 4) is 0 Å². The van der Waals surface area contributed by atoms with Crippen LogP contribution in [0.5, 0.6) is 0 Å². The van der Waals surface area contributed by atoms with Crippen molar-refractivity contribution in [2.45, 2.75) is 19.5 Å². The molecule has 2 aromatic rings. The van der Waals surface area contributed by atoms with Crippen molar-refractivity contribution in [3.05, 3.63) is 71.8 Å². The Kier molecular flexibility index (Phi) is 4.71. The normalized spacial score (nSPS) is 17.3. The van der Waals surface area contributed by atoms with E-state index in [2.05, 4.69) is 5.32 Å². The molecule has 1 heterocycles. The minimum atomic E-state index is -0.255. The second-order valence-electron chi connectivity index (χ2n) is 5.86. The lowest BCUT2D eigenvalue weighted by molar-refractivity contribution is -0.129. The Balaban J connectivity index is 1.53. The molecular formula is C19H20N2O2. The Bertz CT molecular complexity index is 670. The third kappa shape index (κ3) is 3.97. The first-order valence-corrected chi connectivity index (χ1v) is 7.86. The molecule has 1 aliphatic rings. The van der Waals surface area contributed by atoms with Crippen molar-refractivity contribution in [2.75, 3.05) is 6.54 Å². The molecular weight excluding hydrogens is 288 g/mol. The van der Waals surface area contributed by atoms with E-state index in [0.29, 0.717) is 26.1 Å². The molecule has 1 aliphatic heterocycles. The molecule has 4 heteroatoms. The van der Waals surface area contributed by atoms with Gasteiger partial charge in [0.2, 0.25) is 11.8 Å². The average molecular weight is 308 g/mol.